The molecule has 2 rings (SSSR count). The van der Waals surface area contributed by atoms with Crippen molar-refractivity contribution in [3.63, 3.8) is 0 Å². The third kappa shape index (κ3) is 5.09. The summed E-state index contributed by atoms with van der Waals surface area (Å²) in [5, 5.41) is 3.31. The van der Waals surface area contributed by atoms with Gasteiger partial charge in [-0.1, -0.05) is 12.1 Å². The number of rotatable bonds is 5. The SMILES string of the molecule is CNC1CCN(C(C)c2ccc(OC(F)F)cc2)CC1.Cl. The second-order valence-electron chi connectivity index (χ2n) is 5.22. The predicted molar refractivity (Wildman–Crippen MR) is 82.4 cm³/mol. The smallest absolute Gasteiger partial charge is 0.387 e. The molecule has 120 valence electrons. The minimum atomic E-state index is -2.76. The van der Waals surface area contributed by atoms with Crippen molar-refractivity contribution in [2.24, 2.45) is 0 Å². The third-order valence-corrected chi connectivity index (χ3v) is 4.07. The highest BCUT2D eigenvalue weighted by Gasteiger charge is 2.22. The number of likely N-dealkylation sites (tertiary alicyclic amines) is 1. The largest absolute Gasteiger partial charge is 0.435 e. The van der Waals surface area contributed by atoms with Gasteiger partial charge in [-0.05, 0) is 44.5 Å². The minimum absolute atomic E-state index is 0. The third-order valence-electron chi connectivity index (χ3n) is 4.07. The van der Waals surface area contributed by atoms with Gasteiger partial charge < -0.3 is 10.1 Å². The fourth-order valence-corrected chi connectivity index (χ4v) is 2.71. The van der Waals surface area contributed by atoms with Crippen LogP contribution in [0.5, 0.6) is 5.75 Å². The van der Waals surface area contributed by atoms with E-state index in [4.69, 9.17) is 0 Å². The molecule has 1 fully saturated rings. The normalized spacial score (nSPS) is 18.3. The molecule has 1 N–H and O–H groups in total. The van der Waals surface area contributed by atoms with Crippen LogP contribution in [0.2, 0.25) is 0 Å². The van der Waals surface area contributed by atoms with Gasteiger partial charge in [-0.25, -0.2) is 0 Å². The zero-order valence-corrected chi connectivity index (χ0v) is 13.2. The molecule has 21 heavy (non-hydrogen) atoms. The van der Waals surface area contributed by atoms with Gasteiger partial charge in [0, 0.05) is 25.2 Å². The number of ether oxygens (including phenoxy) is 1. The number of hydrogen-bond acceptors (Lipinski definition) is 3. The van der Waals surface area contributed by atoms with Gasteiger partial charge in [0.05, 0.1) is 0 Å². The summed E-state index contributed by atoms with van der Waals surface area (Å²) in [5.74, 6) is 0.213. The molecule has 6 heteroatoms. The van der Waals surface area contributed by atoms with Crippen LogP contribution in [0.3, 0.4) is 0 Å². The van der Waals surface area contributed by atoms with Gasteiger partial charge in [-0.2, -0.15) is 8.78 Å². The number of hydrogen-bond donors (Lipinski definition) is 1. The number of nitrogens with one attached hydrogen (secondary N) is 1. The number of benzene rings is 1. The standard InChI is InChI=1S/C15H22F2N2O.ClH/c1-11(19-9-7-13(18-2)8-10-19)12-3-5-14(6-4-12)20-15(16)17;/h3-6,11,13,15,18H,7-10H2,1-2H3;1H. The monoisotopic (exact) mass is 320 g/mol. The molecule has 0 spiro atoms. The molecule has 1 aromatic carbocycles. The first-order valence-electron chi connectivity index (χ1n) is 7.06. The summed E-state index contributed by atoms with van der Waals surface area (Å²) < 4.78 is 28.6. The maximum atomic E-state index is 12.1. The Kier molecular flexibility index (Phi) is 7.35. The minimum Gasteiger partial charge on any atom is -0.435 e. The molecule has 0 aromatic heterocycles. The summed E-state index contributed by atoms with van der Waals surface area (Å²) in [6, 6.07) is 7.86. The fourth-order valence-electron chi connectivity index (χ4n) is 2.71. The van der Waals surface area contributed by atoms with E-state index >= 15 is 0 Å². The maximum Gasteiger partial charge on any atom is 0.387 e. The van der Waals surface area contributed by atoms with Crippen LogP contribution in [0.1, 0.15) is 31.4 Å². The van der Waals surface area contributed by atoms with Gasteiger partial charge in [0.15, 0.2) is 0 Å². The van der Waals surface area contributed by atoms with Crippen LogP contribution in [-0.4, -0.2) is 37.7 Å². The van der Waals surface area contributed by atoms with E-state index in [1.54, 1.807) is 12.1 Å². The molecule has 3 nitrogen and oxygen atoms in total. The lowest BCUT2D eigenvalue weighted by Crippen LogP contribution is -2.42. The molecule has 1 saturated heterocycles. The second kappa shape index (κ2) is 8.51. The summed E-state index contributed by atoms with van der Waals surface area (Å²) in [5.41, 5.74) is 1.13. The van der Waals surface area contributed by atoms with Gasteiger partial charge in [0.1, 0.15) is 5.75 Å². The number of nitrogens with zero attached hydrogens (tertiary/aromatic N) is 1. The molecule has 0 radical (unpaired) electrons. The van der Waals surface area contributed by atoms with Gasteiger partial charge >= 0.3 is 6.61 Å². The van der Waals surface area contributed by atoms with Crippen molar-refractivity contribution in [3.8, 4) is 5.75 Å². The molecule has 1 atom stereocenters. The molecule has 0 aliphatic carbocycles. The first kappa shape index (κ1) is 18.1. The Morgan fingerprint density at radius 2 is 1.76 bits per heavy atom. The molecular formula is C15H23ClF2N2O. The van der Waals surface area contributed by atoms with Gasteiger partial charge in [0.2, 0.25) is 0 Å². The lowest BCUT2D eigenvalue weighted by Gasteiger charge is -2.36. The zero-order valence-electron chi connectivity index (χ0n) is 12.4. The van der Waals surface area contributed by atoms with Gasteiger partial charge in [-0.3, -0.25) is 4.90 Å². The van der Waals surface area contributed by atoms with Crippen molar-refractivity contribution < 1.29 is 13.5 Å². The lowest BCUT2D eigenvalue weighted by atomic mass is 10.0. The maximum absolute atomic E-state index is 12.1. The van der Waals surface area contributed by atoms with Crippen LogP contribution in [0.25, 0.3) is 0 Å². The Hall–Kier alpha value is -0.910. The van der Waals surface area contributed by atoms with E-state index in [2.05, 4.69) is 21.9 Å². The van der Waals surface area contributed by atoms with Crippen molar-refractivity contribution >= 4 is 12.4 Å². The van der Waals surface area contributed by atoms with E-state index in [9.17, 15) is 8.78 Å². The molecule has 1 aromatic rings. The summed E-state index contributed by atoms with van der Waals surface area (Å²) >= 11 is 0. The molecule has 1 unspecified atom stereocenters. The zero-order chi connectivity index (χ0) is 14.5. The Labute approximate surface area is 131 Å². The first-order valence-corrected chi connectivity index (χ1v) is 7.06. The van der Waals surface area contributed by atoms with E-state index < -0.39 is 6.61 Å². The fraction of sp³-hybridized carbons (Fsp3) is 0.600. The van der Waals surface area contributed by atoms with Gasteiger partial charge in [0.25, 0.3) is 0 Å². The van der Waals surface area contributed by atoms with Crippen molar-refractivity contribution in [2.75, 3.05) is 20.1 Å². The van der Waals surface area contributed by atoms with Crippen LogP contribution in [0, 0.1) is 0 Å². The summed E-state index contributed by atoms with van der Waals surface area (Å²) in [6.45, 7) is 1.51. The van der Waals surface area contributed by atoms with Crippen LogP contribution in [-0.2, 0) is 0 Å². The number of piperidine rings is 1. The van der Waals surface area contributed by atoms with Crippen LogP contribution in [0.15, 0.2) is 24.3 Å². The van der Waals surface area contributed by atoms with Crippen molar-refractivity contribution in [1.82, 2.24) is 10.2 Å². The topological polar surface area (TPSA) is 24.5 Å². The first-order chi connectivity index (χ1) is 9.60. The van der Waals surface area contributed by atoms with Crippen LogP contribution >= 0.6 is 12.4 Å². The highest BCUT2D eigenvalue weighted by Crippen LogP contribution is 2.26. The lowest BCUT2D eigenvalue weighted by molar-refractivity contribution is -0.0498. The van der Waals surface area contributed by atoms with E-state index in [0.717, 1.165) is 31.5 Å². The van der Waals surface area contributed by atoms with E-state index in [1.807, 2.05) is 19.2 Å². The summed E-state index contributed by atoms with van der Waals surface area (Å²) in [6.07, 6.45) is 2.29. The summed E-state index contributed by atoms with van der Waals surface area (Å²) in [7, 11) is 2.01. The Balaban J connectivity index is 0.00000220. The highest BCUT2D eigenvalue weighted by atomic mass is 35.5. The Bertz CT molecular complexity index is 409. The predicted octanol–water partition coefficient (Wildman–Crippen LogP) is 3.45. The molecule has 1 aliphatic heterocycles. The van der Waals surface area contributed by atoms with Crippen molar-refractivity contribution in [1.29, 1.82) is 0 Å². The highest BCUT2D eigenvalue weighted by molar-refractivity contribution is 5.85. The molecule has 0 amide bonds. The quantitative estimate of drug-likeness (QED) is 0.899. The molecule has 1 heterocycles. The molecule has 0 saturated carbocycles. The van der Waals surface area contributed by atoms with Gasteiger partial charge in [-0.15, -0.1) is 12.4 Å². The molecule has 1 aliphatic rings. The Morgan fingerprint density at radius 1 is 1.19 bits per heavy atom. The van der Waals surface area contributed by atoms with Crippen molar-refractivity contribution in [2.45, 2.75) is 38.5 Å². The number of alkyl halides is 2. The van der Waals surface area contributed by atoms with E-state index in [-0.39, 0.29) is 18.2 Å². The van der Waals surface area contributed by atoms with E-state index in [0.29, 0.717) is 12.1 Å². The second-order valence-corrected chi connectivity index (χ2v) is 5.22. The van der Waals surface area contributed by atoms with E-state index in [1.165, 1.54) is 0 Å². The summed E-state index contributed by atoms with van der Waals surface area (Å²) in [4.78, 5) is 2.43. The van der Waals surface area contributed by atoms with Crippen LogP contribution < -0.4 is 10.1 Å². The molecular weight excluding hydrogens is 298 g/mol. The number of halogens is 3. The average Bonchev–Trinajstić information content (AvgIpc) is 2.47. The van der Waals surface area contributed by atoms with Crippen molar-refractivity contribution in [3.05, 3.63) is 29.8 Å². The average molecular weight is 321 g/mol. The Morgan fingerprint density at radius 3 is 2.24 bits per heavy atom. The van der Waals surface area contributed by atoms with Crippen LogP contribution in [0.4, 0.5) is 8.78 Å². The molecule has 0 bridgehead atoms.